The van der Waals surface area contributed by atoms with Gasteiger partial charge in [0.1, 0.15) is 0 Å². The molecule has 13 heavy (non-hydrogen) atoms. The molecule has 0 amide bonds. The first-order chi connectivity index (χ1) is 6.28. The van der Waals surface area contributed by atoms with Crippen molar-refractivity contribution in [3.8, 4) is 0 Å². The topological polar surface area (TPSA) is 24.1 Å². The van der Waals surface area contributed by atoms with E-state index in [1.165, 1.54) is 19.3 Å². The van der Waals surface area contributed by atoms with Crippen molar-refractivity contribution in [3.05, 3.63) is 0 Å². The second-order valence-electron chi connectivity index (χ2n) is 3.56. The summed E-state index contributed by atoms with van der Waals surface area (Å²) in [6.45, 7) is 11.0. The maximum absolute atomic E-state index is 3.52. The third-order valence-corrected chi connectivity index (χ3v) is 2.54. The first kappa shape index (κ1) is 12.9. The van der Waals surface area contributed by atoms with Crippen LogP contribution in [0.25, 0.3) is 0 Å². The van der Waals surface area contributed by atoms with Crippen LogP contribution < -0.4 is 10.6 Å². The lowest BCUT2D eigenvalue weighted by molar-refractivity contribution is 0.387. The van der Waals surface area contributed by atoms with Gasteiger partial charge in [-0.05, 0) is 32.4 Å². The van der Waals surface area contributed by atoms with Crippen molar-refractivity contribution in [1.82, 2.24) is 10.6 Å². The first-order valence-corrected chi connectivity index (χ1v) is 5.75. The van der Waals surface area contributed by atoms with Crippen LogP contribution >= 0.6 is 0 Å². The van der Waals surface area contributed by atoms with Gasteiger partial charge in [0.15, 0.2) is 0 Å². The van der Waals surface area contributed by atoms with Gasteiger partial charge >= 0.3 is 0 Å². The van der Waals surface area contributed by atoms with Gasteiger partial charge in [0.2, 0.25) is 0 Å². The van der Waals surface area contributed by atoms with E-state index in [1.807, 2.05) is 0 Å². The van der Waals surface area contributed by atoms with E-state index in [2.05, 4.69) is 38.3 Å². The molecule has 0 fully saturated rings. The van der Waals surface area contributed by atoms with E-state index in [9.17, 15) is 0 Å². The molecule has 2 unspecified atom stereocenters. The van der Waals surface area contributed by atoms with Crippen molar-refractivity contribution < 1.29 is 0 Å². The summed E-state index contributed by atoms with van der Waals surface area (Å²) in [7, 11) is 0. The smallest absolute Gasteiger partial charge is 0.00791 e. The van der Waals surface area contributed by atoms with Gasteiger partial charge in [0, 0.05) is 12.1 Å². The standard InChI is InChI=1S/C11H26N2/c1-5-10(12-7-3)9-11(6-2)13-8-4/h10-13H,5-9H2,1-4H3. The molecular weight excluding hydrogens is 160 g/mol. The lowest BCUT2D eigenvalue weighted by Gasteiger charge is -2.22. The summed E-state index contributed by atoms with van der Waals surface area (Å²) in [6, 6.07) is 1.38. The van der Waals surface area contributed by atoms with Crippen LogP contribution in [0.3, 0.4) is 0 Å². The quantitative estimate of drug-likeness (QED) is 0.607. The highest BCUT2D eigenvalue weighted by atomic mass is 14.9. The molecular formula is C11H26N2. The second kappa shape index (κ2) is 8.52. The zero-order valence-electron chi connectivity index (χ0n) is 9.69. The highest BCUT2D eigenvalue weighted by Gasteiger charge is 2.11. The van der Waals surface area contributed by atoms with E-state index < -0.39 is 0 Å². The number of rotatable bonds is 8. The van der Waals surface area contributed by atoms with E-state index >= 15 is 0 Å². The highest BCUT2D eigenvalue weighted by molar-refractivity contribution is 4.73. The van der Waals surface area contributed by atoms with E-state index in [4.69, 9.17) is 0 Å². The molecule has 0 bridgehead atoms. The van der Waals surface area contributed by atoms with Crippen molar-refractivity contribution in [1.29, 1.82) is 0 Å². The van der Waals surface area contributed by atoms with Crippen LogP contribution in [0.4, 0.5) is 0 Å². The van der Waals surface area contributed by atoms with Gasteiger partial charge in [-0.1, -0.05) is 27.7 Å². The van der Waals surface area contributed by atoms with Crippen LogP contribution in [-0.2, 0) is 0 Å². The zero-order chi connectivity index (χ0) is 10.1. The average molecular weight is 186 g/mol. The van der Waals surface area contributed by atoms with Gasteiger partial charge in [-0.2, -0.15) is 0 Å². The molecule has 2 nitrogen and oxygen atoms in total. The molecule has 0 aromatic heterocycles. The van der Waals surface area contributed by atoms with Crippen molar-refractivity contribution >= 4 is 0 Å². The van der Waals surface area contributed by atoms with Crippen LogP contribution in [0.5, 0.6) is 0 Å². The fourth-order valence-electron chi connectivity index (χ4n) is 1.71. The molecule has 0 aliphatic heterocycles. The third-order valence-electron chi connectivity index (χ3n) is 2.54. The Morgan fingerprint density at radius 1 is 0.769 bits per heavy atom. The van der Waals surface area contributed by atoms with Crippen molar-refractivity contribution in [2.45, 2.75) is 59.0 Å². The van der Waals surface area contributed by atoms with E-state index in [0.29, 0.717) is 12.1 Å². The van der Waals surface area contributed by atoms with Gasteiger partial charge in [-0.15, -0.1) is 0 Å². The summed E-state index contributed by atoms with van der Waals surface area (Å²) >= 11 is 0. The van der Waals surface area contributed by atoms with Crippen LogP contribution in [0.2, 0.25) is 0 Å². The maximum atomic E-state index is 3.52. The first-order valence-electron chi connectivity index (χ1n) is 5.75. The van der Waals surface area contributed by atoms with E-state index in [-0.39, 0.29) is 0 Å². The lowest BCUT2D eigenvalue weighted by Crippen LogP contribution is -2.37. The molecule has 0 heterocycles. The molecule has 0 aromatic carbocycles. The highest BCUT2D eigenvalue weighted by Crippen LogP contribution is 2.05. The minimum atomic E-state index is 0.689. The Labute approximate surface area is 83.5 Å². The number of hydrogen-bond donors (Lipinski definition) is 2. The van der Waals surface area contributed by atoms with Gasteiger partial charge in [-0.3, -0.25) is 0 Å². The Morgan fingerprint density at radius 3 is 1.38 bits per heavy atom. The molecule has 0 aromatic rings. The molecule has 0 radical (unpaired) electrons. The Bertz CT molecular complexity index is 92.3. The molecule has 0 spiro atoms. The Morgan fingerprint density at radius 2 is 1.15 bits per heavy atom. The van der Waals surface area contributed by atoms with Crippen LogP contribution in [-0.4, -0.2) is 25.2 Å². The summed E-state index contributed by atoms with van der Waals surface area (Å²) in [5, 5.41) is 7.03. The molecule has 0 rings (SSSR count). The van der Waals surface area contributed by atoms with Gasteiger partial charge in [0.25, 0.3) is 0 Å². The minimum Gasteiger partial charge on any atom is -0.314 e. The SMILES string of the molecule is CCNC(CC)CC(CC)NCC. The predicted octanol–water partition coefficient (Wildman–Crippen LogP) is 2.15. The average Bonchev–Trinajstić information content (AvgIpc) is 2.16. The van der Waals surface area contributed by atoms with E-state index in [1.54, 1.807) is 0 Å². The zero-order valence-corrected chi connectivity index (χ0v) is 9.69. The Balaban J connectivity index is 3.73. The fourth-order valence-corrected chi connectivity index (χ4v) is 1.71. The molecule has 0 aliphatic carbocycles. The van der Waals surface area contributed by atoms with Crippen LogP contribution in [0.15, 0.2) is 0 Å². The van der Waals surface area contributed by atoms with Crippen molar-refractivity contribution in [2.24, 2.45) is 0 Å². The molecule has 0 aliphatic rings. The summed E-state index contributed by atoms with van der Waals surface area (Å²) in [6.07, 6.45) is 3.72. The molecule has 2 atom stereocenters. The van der Waals surface area contributed by atoms with Gasteiger partial charge in [0.05, 0.1) is 0 Å². The minimum absolute atomic E-state index is 0.689. The number of hydrogen-bond acceptors (Lipinski definition) is 2. The molecule has 2 heteroatoms. The monoisotopic (exact) mass is 186 g/mol. The molecule has 2 N–H and O–H groups in total. The predicted molar refractivity (Wildman–Crippen MR) is 60.1 cm³/mol. The van der Waals surface area contributed by atoms with Crippen molar-refractivity contribution in [2.75, 3.05) is 13.1 Å². The van der Waals surface area contributed by atoms with Crippen LogP contribution in [0, 0.1) is 0 Å². The number of nitrogens with one attached hydrogen (secondary N) is 2. The van der Waals surface area contributed by atoms with Gasteiger partial charge < -0.3 is 10.6 Å². The summed E-state index contributed by atoms with van der Waals surface area (Å²) in [4.78, 5) is 0. The normalized spacial score (nSPS) is 15.7. The Kier molecular flexibility index (Phi) is 8.46. The largest absolute Gasteiger partial charge is 0.314 e. The lowest BCUT2D eigenvalue weighted by atomic mass is 10.0. The Hall–Kier alpha value is -0.0800. The molecule has 0 saturated carbocycles. The third kappa shape index (κ3) is 6.05. The fraction of sp³-hybridized carbons (Fsp3) is 1.00. The van der Waals surface area contributed by atoms with Gasteiger partial charge in [-0.25, -0.2) is 0 Å². The van der Waals surface area contributed by atoms with Crippen LogP contribution in [0.1, 0.15) is 47.0 Å². The molecule has 0 saturated heterocycles. The molecule has 80 valence electrons. The summed E-state index contributed by atoms with van der Waals surface area (Å²) < 4.78 is 0. The summed E-state index contributed by atoms with van der Waals surface area (Å²) in [5.41, 5.74) is 0. The van der Waals surface area contributed by atoms with Crippen molar-refractivity contribution in [3.63, 3.8) is 0 Å². The summed E-state index contributed by atoms with van der Waals surface area (Å²) in [5.74, 6) is 0. The maximum Gasteiger partial charge on any atom is 0.00791 e. The van der Waals surface area contributed by atoms with E-state index in [0.717, 1.165) is 13.1 Å². The second-order valence-corrected chi connectivity index (χ2v) is 3.56.